The second-order valence-electron chi connectivity index (χ2n) is 5.76. The molecule has 0 saturated heterocycles. The number of hydrogen-bond acceptors (Lipinski definition) is 6. The largest absolute Gasteiger partial charge is 0.461 e. The Bertz CT molecular complexity index is 753. The quantitative estimate of drug-likeness (QED) is 0.777. The monoisotopic (exact) mass is 345 g/mol. The molecule has 134 valence electrons. The Balaban J connectivity index is 1.93. The standard InChI is InChI=1S/C18H23N3O4/c1-5-24-17(23)16-12(2)25-18(20-16)19-15(22)10-9-13-7-6-8-14(11-13)21(3)4/h6-8,11H,5,9-10H2,1-4H3,(H,19,20,22). The summed E-state index contributed by atoms with van der Waals surface area (Å²) in [5.41, 5.74) is 2.23. The molecule has 0 aliphatic rings. The Morgan fingerprint density at radius 2 is 2.08 bits per heavy atom. The molecule has 25 heavy (non-hydrogen) atoms. The third kappa shape index (κ3) is 5.07. The second kappa shape index (κ2) is 8.32. The van der Waals surface area contributed by atoms with Gasteiger partial charge in [-0.2, -0.15) is 4.98 Å². The van der Waals surface area contributed by atoms with Crippen LogP contribution in [0.1, 0.15) is 35.2 Å². The SMILES string of the molecule is CCOC(=O)c1nc(NC(=O)CCc2cccc(N(C)C)c2)oc1C. The first-order chi connectivity index (χ1) is 11.9. The first kappa shape index (κ1) is 18.5. The normalized spacial score (nSPS) is 10.4. The summed E-state index contributed by atoms with van der Waals surface area (Å²) >= 11 is 0. The summed E-state index contributed by atoms with van der Waals surface area (Å²) in [7, 11) is 3.94. The number of oxazole rings is 1. The molecule has 1 aromatic heterocycles. The van der Waals surface area contributed by atoms with Crippen LogP contribution in [0.5, 0.6) is 0 Å². The van der Waals surface area contributed by atoms with Gasteiger partial charge >= 0.3 is 12.0 Å². The Labute approximate surface area is 147 Å². The lowest BCUT2D eigenvalue weighted by Crippen LogP contribution is -2.13. The molecule has 2 rings (SSSR count). The average Bonchev–Trinajstić information content (AvgIpc) is 2.94. The Morgan fingerprint density at radius 3 is 2.76 bits per heavy atom. The van der Waals surface area contributed by atoms with Crippen molar-refractivity contribution in [1.82, 2.24) is 4.98 Å². The molecule has 1 heterocycles. The highest BCUT2D eigenvalue weighted by molar-refractivity contribution is 5.91. The van der Waals surface area contributed by atoms with Crippen molar-refractivity contribution in [1.29, 1.82) is 0 Å². The van der Waals surface area contributed by atoms with Crippen LogP contribution in [0.2, 0.25) is 0 Å². The van der Waals surface area contributed by atoms with E-state index in [1.165, 1.54) is 0 Å². The van der Waals surface area contributed by atoms with E-state index in [0.29, 0.717) is 12.2 Å². The Morgan fingerprint density at radius 1 is 1.32 bits per heavy atom. The van der Waals surface area contributed by atoms with Crippen molar-refractivity contribution in [2.45, 2.75) is 26.7 Å². The van der Waals surface area contributed by atoms with Crippen LogP contribution in [0.15, 0.2) is 28.7 Å². The number of carbonyl (C=O) groups excluding carboxylic acids is 2. The molecule has 1 aromatic carbocycles. The lowest BCUT2D eigenvalue weighted by Gasteiger charge is -2.13. The van der Waals surface area contributed by atoms with Crippen molar-refractivity contribution in [3.63, 3.8) is 0 Å². The highest BCUT2D eigenvalue weighted by Gasteiger charge is 2.19. The van der Waals surface area contributed by atoms with Crippen molar-refractivity contribution in [3.8, 4) is 0 Å². The van der Waals surface area contributed by atoms with Crippen molar-refractivity contribution in [3.05, 3.63) is 41.3 Å². The third-order valence-corrected chi connectivity index (χ3v) is 3.58. The maximum absolute atomic E-state index is 12.1. The van der Waals surface area contributed by atoms with Crippen LogP contribution in [0.25, 0.3) is 0 Å². The molecule has 1 amide bonds. The van der Waals surface area contributed by atoms with Gasteiger partial charge in [-0.05, 0) is 38.0 Å². The number of nitrogens with zero attached hydrogens (tertiary/aromatic N) is 2. The van der Waals surface area contributed by atoms with Gasteiger partial charge in [-0.3, -0.25) is 10.1 Å². The summed E-state index contributed by atoms with van der Waals surface area (Å²) in [6, 6.07) is 8.00. The molecule has 0 unspecified atom stereocenters. The number of nitrogens with one attached hydrogen (secondary N) is 1. The summed E-state index contributed by atoms with van der Waals surface area (Å²) in [6.07, 6.45) is 0.880. The number of benzene rings is 1. The summed E-state index contributed by atoms with van der Waals surface area (Å²) in [5.74, 6) is -0.482. The molecule has 0 radical (unpaired) electrons. The molecular formula is C18H23N3O4. The highest BCUT2D eigenvalue weighted by atomic mass is 16.5. The summed E-state index contributed by atoms with van der Waals surface area (Å²) in [5, 5.41) is 2.57. The topological polar surface area (TPSA) is 84.7 Å². The Kier molecular flexibility index (Phi) is 6.16. The first-order valence-electron chi connectivity index (χ1n) is 8.11. The van der Waals surface area contributed by atoms with E-state index in [2.05, 4.69) is 10.3 Å². The minimum absolute atomic E-state index is 0.00703. The van der Waals surface area contributed by atoms with Gasteiger partial charge in [0.25, 0.3) is 0 Å². The second-order valence-corrected chi connectivity index (χ2v) is 5.76. The van der Waals surface area contributed by atoms with E-state index in [1.54, 1.807) is 13.8 Å². The number of aryl methyl sites for hydroxylation is 2. The highest BCUT2D eigenvalue weighted by Crippen LogP contribution is 2.17. The van der Waals surface area contributed by atoms with Gasteiger partial charge in [-0.1, -0.05) is 12.1 Å². The predicted molar refractivity (Wildman–Crippen MR) is 94.9 cm³/mol. The fourth-order valence-corrected chi connectivity index (χ4v) is 2.27. The van der Waals surface area contributed by atoms with Gasteiger partial charge in [0.1, 0.15) is 5.76 Å². The molecule has 0 bridgehead atoms. The lowest BCUT2D eigenvalue weighted by molar-refractivity contribution is -0.116. The maximum atomic E-state index is 12.1. The Hall–Kier alpha value is -2.83. The number of rotatable bonds is 7. The number of amides is 1. The summed E-state index contributed by atoms with van der Waals surface area (Å²) in [6.45, 7) is 3.56. The number of ether oxygens (including phenoxy) is 1. The predicted octanol–water partition coefficient (Wildman–Crippen LogP) is 2.80. The van der Waals surface area contributed by atoms with Crippen LogP contribution >= 0.6 is 0 Å². The van der Waals surface area contributed by atoms with Crippen molar-refractivity contribution in [2.24, 2.45) is 0 Å². The van der Waals surface area contributed by atoms with Gasteiger partial charge in [-0.15, -0.1) is 0 Å². The number of aromatic nitrogens is 1. The van der Waals surface area contributed by atoms with Crippen LogP contribution in [-0.2, 0) is 16.0 Å². The molecule has 0 saturated carbocycles. The zero-order valence-electron chi connectivity index (χ0n) is 15.0. The van der Waals surface area contributed by atoms with Gasteiger partial charge < -0.3 is 14.1 Å². The van der Waals surface area contributed by atoms with E-state index in [1.807, 2.05) is 43.3 Å². The van der Waals surface area contributed by atoms with E-state index in [-0.39, 0.29) is 30.6 Å². The van der Waals surface area contributed by atoms with Crippen LogP contribution in [0.4, 0.5) is 11.7 Å². The number of esters is 1. The van der Waals surface area contributed by atoms with Crippen molar-refractivity contribution in [2.75, 3.05) is 30.9 Å². The molecule has 7 nitrogen and oxygen atoms in total. The molecule has 7 heteroatoms. The third-order valence-electron chi connectivity index (χ3n) is 3.58. The smallest absolute Gasteiger partial charge is 0.360 e. The van der Waals surface area contributed by atoms with Crippen LogP contribution in [-0.4, -0.2) is 37.6 Å². The van der Waals surface area contributed by atoms with Gasteiger partial charge in [-0.25, -0.2) is 4.79 Å². The summed E-state index contributed by atoms with van der Waals surface area (Å²) < 4.78 is 10.2. The summed E-state index contributed by atoms with van der Waals surface area (Å²) in [4.78, 5) is 29.8. The van der Waals surface area contributed by atoms with E-state index in [4.69, 9.17) is 9.15 Å². The molecule has 0 atom stereocenters. The fraction of sp³-hybridized carbons (Fsp3) is 0.389. The van der Waals surface area contributed by atoms with E-state index in [0.717, 1.165) is 11.3 Å². The molecule has 0 spiro atoms. The van der Waals surface area contributed by atoms with Gasteiger partial charge in [0.2, 0.25) is 5.91 Å². The molecule has 2 aromatic rings. The molecule has 0 aliphatic carbocycles. The molecule has 1 N–H and O–H groups in total. The van der Waals surface area contributed by atoms with Gasteiger partial charge in [0.05, 0.1) is 6.61 Å². The number of hydrogen-bond donors (Lipinski definition) is 1. The van der Waals surface area contributed by atoms with E-state index >= 15 is 0 Å². The molecule has 0 fully saturated rings. The maximum Gasteiger partial charge on any atom is 0.360 e. The molecule has 0 aliphatic heterocycles. The average molecular weight is 345 g/mol. The van der Waals surface area contributed by atoms with Crippen LogP contribution in [0, 0.1) is 6.92 Å². The van der Waals surface area contributed by atoms with Gasteiger partial charge in [0, 0.05) is 26.2 Å². The minimum atomic E-state index is -0.565. The van der Waals surface area contributed by atoms with Crippen molar-refractivity contribution >= 4 is 23.6 Å². The van der Waals surface area contributed by atoms with Gasteiger partial charge in [0.15, 0.2) is 5.69 Å². The fourth-order valence-electron chi connectivity index (χ4n) is 2.27. The van der Waals surface area contributed by atoms with Crippen LogP contribution < -0.4 is 10.2 Å². The first-order valence-corrected chi connectivity index (χ1v) is 8.11. The minimum Gasteiger partial charge on any atom is -0.461 e. The lowest BCUT2D eigenvalue weighted by atomic mass is 10.1. The van der Waals surface area contributed by atoms with E-state index < -0.39 is 5.97 Å². The zero-order chi connectivity index (χ0) is 18.4. The zero-order valence-corrected chi connectivity index (χ0v) is 15.0. The van der Waals surface area contributed by atoms with Crippen LogP contribution in [0.3, 0.4) is 0 Å². The van der Waals surface area contributed by atoms with E-state index in [9.17, 15) is 9.59 Å². The number of carbonyl (C=O) groups is 2. The van der Waals surface area contributed by atoms with Crippen molar-refractivity contribution < 1.29 is 18.7 Å². The molecular weight excluding hydrogens is 322 g/mol. The number of anilines is 2.